The lowest BCUT2D eigenvalue weighted by Crippen LogP contribution is -2.48. The van der Waals surface area contributed by atoms with E-state index in [2.05, 4.69) is 20.9 Å². The Morgan fingerprint density at radius 3 is 2.67 bits per heavy atom. The molecule has 1 atom stereocenters. The summed E-state index contributed by atoms with van der Waals surface area (Å²) in [7, 11) is 1.69. The van der Waals surface area contributed by atoms with Crippen LogP contribution in [0.5, 0.6) is 0 Å². The summed E-state index contributed by atoms with van der Waals surface area (Å²) in [6.07, 6.45) is 1.99. The molecule has 1 heterocycles. The van der Waals surface area contributed by atoms with Crippen molar-refractivity contribution in [3.8, 4) is 0 Å². The highest BCUT2D eigenvalue weighted by Crippen LogP contribution is 2.12. The van der Waals surface area contributed by atoms with Crippen LogP contribution < -0.4 is 16.0 Å². The van der Waals surface area contributed by atoms with Crippen LogP contribution in [-0.4, -0.2) is 64.0 Å². The van der Waals surface area contributed by atoms with Crippen molar-refractivity contribution in [2.24, 2.45) is 10.9 Å². The molecule has 0 spiro atoms. The largest absolute Gasteiger partial charge is 0.381 e. The van der Waals surface area contributed by atoms with Crippen molar-refractivity contribution in [2.75, 3.05) is 46.6 Å². The molecule has 1 saturated heterocycles. The number of nitrogens with one attached hydrogen (secondary N) is 3. The summed E-state index contributed by atoms with van der Waals surface area (Å²) in [6.45, 7) is 9.99. The second kappa shape index (κ2) is 12.7. The van der Waals surface area contributed by atoms with Gasteiger partial charge in [-0.3, -0.25) is 9.79 Å². The Kier molecular flexibility index (Phi) is 12.4. The van der Waals surface area contributed by atoms with Crippen molar-refractivity contribution in [3.05, 3.63) is 0 Å². The van der Waals surface area contributed by atoms with Gasteiger partial charge in [-0.15, -0.1) is 24.0 Å². The number of rotatable bonds is 8. The Bertz CT molecular complexity index is 380. The molecule has 0 aromatic rings. The summed E-state index contributed by atoms with van der Waals surface area (Å²) < 4.78 is 11.0. The molecule has 0 aliphatic carbocycles. The van der Waals surface area contributed by atoms with E-state index in [1.807, 2.05) is 20.8 Å². The number of guanidine groups is 1. The van der Waals surface area contributed by atoms with Gasteiger partial charge in [-0.25, -0.2) is 0 Å². The molecule has 24 heavy (non-hydrogen) atoms. The molecular weight excluding hydrogens is 423 g/mol. The average molecular weight is 456 g/mol. The maximum absolute atomic E-state index is 11.7. The summed E-state index contributed by atoms with van der Waals surface area (Å²) in [6, 6.07) is 0. The first-order valence-electron chi connectivity index (χ1n) is 8.32. The standard InChI is InChI=1S/C16H32N4O3.HI/c1-16(2,3)20-14(21)10-19-15(17-4)18-7-5-8-22-11-13-6-9-23-12-13;/h13H,5-12H2,1-4H3,(H,20,21)(H2,17,18,19);1H. The second-order valence-electron chi connectivity index (χ2n) is 6.81. The normalized spacial score (nSPS) is 18.0. The van der Waals surface area contributed by atoms with Crippen LogP contribution in [0.15, 0.2) is 4.99 Å². The lowest BCUT2D eigenvalue weighted by Gasteiger charge is -2.21. The molecule has 0 aromatic carbocycles. The zero-order chi connectivity index (χ0) is 17.1. The van der Waals surface area contributed by atoms with E-state index in [1.54, 1.807) is 7.05 Å². The Balaban J connectivity index is 0.00000529. The van der Waals surface area contributed by atoms with Gasteiger partial charge in [0.1, 0.15) is 0 Å². The number of halogens is 1. The van der Waals surface area contributed by atoms with Crippen LogP contribution in [-0.2, 0) is 14.3 Å². The van der Waals surface area contributed by atoms with E-state index >= 15 is 0 Å². The van der Waals surface area contributed by atoms with Gasteiger partial charge in [0.05, 0.1) is 19.8 Å². The number of aliphatic imine (C=N–C) groups is 1. The molecule has 1 amide bonds. The summed E-state index contributed by atoms with van der Waals surface area (Å²) in [4.78, 5) is 15.8. The zero-order valence-electron chi connectivity index (χ0n) is 15.3. The highest BCUT2D eigenvalue weighted by molar-refractivity contribution is 14.0. The molecule has 1 rings (SSSR count). The molecule has 1 aliphatic heterocycles. The first-order valence-corrected chi connectivity index (χ1v) is 8.32. The van der Waals surface area contributed by atoms with Crippen LogP contribution >= 0.6 is 24.0 Å². The first-order chi connectivity index (χ1) is 10.9. The van der Waals surface area contributed by atoms with Crippen LogP contribution in [0.1, 0.15) is 33.6 Å². The number of amides is 1. The highest BCUT2D eigenvalue weighted by Gasteiger charge is 2.15. The summed E-state index contributed by atoms with van der Waals surface area (Å²) >= 11 is 0. The van der Waals surface area contributed by atoms with Gasteiger partial charge in [0, 0.05) is 38.3 Å². The highest BCUT2D eigenvalue weighted by atomic mass is 127. The lowest BCUT2D eigenvalue weighted by molar-refractivity contribution is -0.121. The predicted molar refractivity (Wildman–Crippen MR) is 107 cm³/mol. The Morgan fingerprint density at radius 1 is 1.33 bits per heavy atom. The lowest BCUT2D eigenvalue weighted by atomic mass is 10.1. The van der Waals surface area contributed by atoms with Gasteiger partial charge in [-0.2, -0.15) is 0 Å². The minimum absolute atomic E-state index is 0. The third kappa shape index (κ3) is 11.9. The number of carbonyl (C=O) groups excluding carboxylic acids is 1. The molecule has 0 radical (unpaired) electrons. The molecule has 3 N–H and O–H groups in total. The van der Waals surface area contributed by atoms with Gasteiger partial charge >= 0.3 is 0 Å². The summed E-state index contributed by atoms with van der Waals surface area (Å²) in [5.74, 6) is 1.12. The van der Waals surface area contributed by atoms with E-state index in [9.17, 15) is 4.79 Å². The van der Waals surface area contributed by atoms with Crippen molar-refractivity contribution >= 4 is 35.8 Å². The fourth-order valence-corrected chi connectivity index (χ4v) is 2.19. The van der Waals surface area contributed by atoms with Gasteiger partial charge in [-0.05, 0) is 33.6 Å². The number of nitrogens with zero attached hydrogens (tertiary/aromatic N) is 1. The van der Waals surface area contributed by atoms with Crippen molar-refractivity contribution < 1.29 is 14.3 Å². The summed E-state index contributed by atoms with van der Waals surface area (Å²) in [5.41, 5.74) is -0.225. The van der Waals surface area contributed by atoms with Crippen molar-refractivity contribution in [1.82, 2.24) is 16.0 Å². The Hall–Kier alpha value is -0.610. The SMILES string of the molecule is CN=C(NCCCOCC1CCOC1)NCC(=O)NC(C)(C)C.I. The average Bonchev–Trinajstić information content (AvgIpc) is 2.97. The number of ether oxygens (including phenoxy) is 2. The third-order valence-corrected chi connectivity index (χ3v) is 3.29. The molecule has 1 fully saturated rings. The van der Waals surface area contributed by atoms with E-state index in [0.717, 1.165) is 39.2 Å². The first kappa shape index (κ1) is 23.4. The number of hydrogen-bond acceptors (Lipinski definition) is 4. The van der Waals surface area contributed by atoms with Crippen molar-refractivity contribution in [3.63, 3.8) is 0 Å². The molecule has 7 nitrogen and oxygen atoms in total. The molecule has 0 saturated carbocycles. The number of carbonyl (C=O) groups is 1. The van der Waals surface area contributed by atoms with E-state index in [0.29, 0.717) is 18.5 Å². The van der Waals surface area contributed by atoms with Crippen LogP contribution in [0.2, 0.25) is 0 Å². The van der Waals surface area contributed by atoms with E-state index in [-0.39, 0.29) is 42.0 Å². The maximum atomic E-state index is 11.7. The Labute approximate surface area is 162 Å². The van der Waals surface area contributed by atoms with Crippen molar-refractivity contribution in [2.45, 2.75) is 39.2 Å². The topological polar surface area (TPSA) is 84.0 Å². The zero-order valence-corrected chi connectivity index (χ0v) is 17.6. The predicted octanol–water partition coefficient (Wildman–Crippen LogP) is 1.13. The smallest absolute Gasteiger partial charge is 0.239 e. The van der Waals surface area contributed by atoms with E-state index in [1.165, 1.54) is 0 Å². The quantitative estimate of drug-likeness (QED) is 0.221. The van der Waals surface area contributed by atoms with Crippen LogP contribution in [0.25, 0.3) is 0 Å². The number of hydrogen-bond donors (Lipinski definition) is 3. The van der Waals surface area contributed by atoms with Gasteiger partial charge in [0.2, 0.25) is 5.91 Å². The van der Waals surface area contributed by atoms with Crippen LogP contribution in [0.4, 0.5) is 0 Å². The van der Waals surface area contributed by atoms with Gasteiger partial charge in [0.15, 0.2) is 5.96 Å². The van der Waals surface area contributed by atoms with Crippen molar-refractivity contribution in [1.29, 1.82) is 0 Å². The molecule has 1 aliphatic rings. The van der Waals surface area contributed by atoms with Gasteiger partial charge < -0.3 is 25.4 Å². The molecule has 0 bridgehead atoms. The molecule has 8 heteroatoms. The minimum Gasteiger partial charge on any atom is -0.381 e. The van der Waals surface area contributed by atoms with E-state index < -0.39 is 0 Å². The Morgan fingerprint density at radius 2 is 2.08 bits per heavy atom. The van der Waals surface area contributed by atoms with Crippen LogP contribution in [0, 0.1) is 5.92 Å². The summed E-state index contributed by atoms with van der Waals surface area (Å²) in [5, 5.41) is 9.06. The molecule has 1 unspecified atom stereocenters. The minimum atomic E-state index is -0.225. The molecule has 142 valence electrons. The molecular formula is C16H33IN4O3. The molecule has 0 aromatic heterocycles. The third-order valence-electron chi connectivity index (χ3n) is 3.29. The fraction of sp³-hybridized carbons (Fsp3) is 0.875. The van der Waals surface area contributed by atoms with E-state index in [4.69, 9.17) is 9.47 Å². The fourth-order valence-electron chi connectivity index (χ4n) is 2.19. The van der Waals surface area contributed by atoms with Gasteiger partial charge in [0.25, 0.3) is 0 Å². The van der Waals surface area contributed by atoms with Gasteiger partial charge in [-0.1, -0.05) is 0 Å². The maximum Gasteiger partial charge on any atom is 0.239 e. The monoisotopic (exact) mass is 456 g/mol. The van der Waals surface area contributed by atoms with Crippen LogP contribution in [0.3, 0.4) is 0 Å². The second-order valence-corrected chi connectivity index (χ2v) is 6.81.